The first kappa shape index (κ1) is 12.6. The highest BCUT2D eigenvalue weighted by molar-refractivity contribution is 9.10. The molecule has 0 aliphatic carbocycles. The molecule has 6 heteroatoms. The number of anilines is 1. The molecule has 0 spiro atoms. The molecule has 0 fully saturated rings. The van der Waals surface area contributed by atoms with E-state index in [1.807, 2.05) is 11.4 Å². The van der Waals surface area contributed by atoms with Gasteiger partial charge in [-0.1, -0.05) is 6.07 Å². The van der Waals surface area contributed by atoms with Crippen LogP contribution in [0.3, 0.4) is 0 Å². The summed E-state index contributed by atoms with van der Waals surface area (Å²) in [6.45, 7) is 0. The number of hydrogen-bond acceptors (Lipinski definition) is 4. The van der Waals surface area contributed by atoms with Gasteiger partial charge in [-0.15, -0.1) is 11.3 Å². The maximum atomic E-state index is 12.1. The summed E-state index contributed by atoms with van der Waals surface area (Å²) in [5.74, 6) is -0.00525. The fourth-order valence-corrected chi connectivity index (χ4v) is 4.86. The predicted octanol–water partition coefficient (Wildman–Crippen LogP) is 3.07. The Morgan fingerprint density at radius 1 is 1.29 bits per heavy atom. The number of sulfone groups is 1. The minimum absolute atomic E-state index is 0.00525. The first-order valence-electron chi connectivity index (χ1n) is 4.79. The summed E-state index contributed by atoms with van der Waals surface area (Å²) in [5, 5.41) is 1.86. The molecule has 3 nitrogen and oxygen atoms in total. The smallest absolute Gasteiger partial charge is 0.183 e. The van der Waals surface area contributed by atoms with Crippen molar-refractivity contribution in [1.82, 2.24) is 0 Å². The standard InChI is InChI=1S/C11H10BrNO2S2/c12-10-4-5-16-11(10)7-17(14,15)9-3-1-2-8(13)6-9/h1-6H,7,13H2. The second-order valence-corrected chi connectivity index (χ2v) is 7.37. The zero-order chi connectivity index (χ0) is 12.5. The van der Waals surface area contributed by atoms with Crippen LogP contribution in [0.1, 0.15) is 4.88 Å². The summed E-state index contributed by atoms with van der Waals surface area (Å²) in [4.78, 5) is 1.06. The van der Waals surface area contributed by atoms with Gasteiger partial charge >= 0.3 is 0 Å². The van der Waals surface area contributed by atoms with Crippen LogP contribution in [0.25, 0.3) is 0 Å². The first-order valence-corrected chi connectivity index (χ1v) is 8.12. The van der Waals surface area contributed by atoms with Gasteiger partial charge in [-0.3, -0.25) is 0 Å². The molecule has 0 radical (unpaired) electrons. The third kappa shape index (κ3) is 2.88. The number of thiophene rings is 1. The number of benzene rings is 1. The molecule has 1 heterocycles. The molecular formula is C11H10BrNO2S2. The second kappa shape index (κ2) is 4.80. The topological polar surface area (TPSA) is 60.2 Å². The molecule has 2 N–H and O–H groups in total. The van der Waals surface area contributed by atoms with Gasteiger partial charge in [0.2, 0.25) is 0 Å². The number of nitrogen functional groups attached to an aromatic ring is 1. The first-order chi connectivity index (χ1) is 7.99. The fraction of sp³-hybridized carbons (Fsp3) is 0.0909. The second-order valence-electron chi connectivity index (χ2n) is 3.52. The molecule has 0 saturated carbocycles. The van der Waals surface area contributed by atoms with Gasteiger partial charge in [0.15, 0.2) is 9.84 Å². The van der Waals surface area contributed by atoms with Crippen molar-refractivity contribution >= 4 is 42.8 Å². The molecule has 0 atom stereocenters. The lowest BCUT2D eigenvalue weighted by atomic mass is 10.3. The van der Waals surface area contributed by atoms with E-state index >= 15 is 0 Å². The lowest BCUT2D eigenvalue weighted by Crippen LogP contribution is -2.04. The van der Waals surface area contributed by atoms with E-state index in [0.29, 0.717) is 5.69 Å². The average Bonchev–Trinajstić information content (AvgIpc) is 2.64. The molecule has 0 amide bonds. The number of hydrogen-bond donors (Lipinski definition) is 1. The molecule has 0 bridgehead atoms. The van der Waals surface area contributed by atoms with Gasteiger partial charge in [0.1, 0.15) is 0 Å². The molecule has 0 aliphatic heterocycles. The number of nitrogens with two attached hydrogens (primary N) is 1. The quantitative estimate of drug-likeness (QED) is 0.879. The van der Waals surface area contributed by atoms with Crippen molar-refractivity contribution in [2.24, 2.45) is 0 Å². The lowest BCUT2D eigenvalue weighted by molar-refractivity contribution is 0.595. The lowest BCUT2D eigenvalue weighted by Gasteiger charge is -2.04. The molecule has 1 aromatic carbocycles. The van der Waals surface area contributed by atoms with Gasteiger partial charge in [-0.2, -0.15) is 0 Å². The minimum Gasteiger partial charge on any atom is -0.399 e. The van der Waals surface area contributed by atoms with Crippen molar-refractivity contribution in [1.29, 1.82) is 0 Å². The van der Waals surface area contributed by atoms with Crippen LogP contribution in [-0.4, -0.2) is 8.42 Å². The summed E-state index contributed by atoms with van der Waals surface area (Å²) in [6.07, 6.45) is 0. The number of rotatable bonds is 3. The highest BCUT2D eigenvalue weighted by atomic mass is 79.9. The number of halogens is 1. The van der Waals surface area contributed by atoms with Crippen LogP contribution in [0.15, 0.2) is 45.1 Å². The van der Waals surface area contributed by atoms with Crippen molar-refractivity contribution < 1.29 is 8.42 Å². The van der Waals surface area contributed by atoms with Gasteiger partial charge in [-0.05, 0) is 45.6 Å². The van der Waals surface area contributed by atoms with E-state index in [9.17, 15) is 8.42 Å². The van der Waals surface area contributed by atoms with Crippen molar-refractivity contribution in [3.05, 3.63) is 45.1 Å². The molecule has 0 aliphatic rings. The van der Waals surface area contributed by atoms with Crippen LogP contribution < -0.4 is 5.73 Å². The monoisotopic (exact) mass is 331 g/mol. The van der Waals surface area contributed by atoms with E-state index < -0.39 is 9.84 Å². The summed E-state index contributed by atoms with van der Waals surface area (Å²) in [5.41, 5.74) is 6.04. The molecule has 0 unspecified atom stereocenters. The van der Waals surface area contributed by atoms with Crippen LogP contribution in [0.4, 0.5) is 5.69 Å². The third-order valence-electron chi connectivity index (χ3n) is 2.23. The Kier molecular flexibility index (Phi) is 3.56. The van der Waals surface area contributed by atoms with Crippen LogP contribution in [-0.2, 0) is 15.6 Å². The van der Waals surface area contributed by atoms with E-state index in [1.54, 1.807) is 18.2 Å². The van der Waals surface area contributed by atoms with Crippen molar-refractivity contribution in [2.75, 3.05) is 5.73 Å². The van der Waals surface area contributed by atoms with E-state index in [2.05, 4.69) is 15.9 Å². The van der Waals surface area contributed by atoms with Gasteiger partial charge in [0.25, 0.3) is 0 Å². The molecule has 2 aromatic rings. The van der Waals surface area contributed by atoms with E-state index in [0.717, 1.165) is 9.35 Å². The van der Waals surface area contributed by atoms with Crippen molar-refractivity contribution in [2.45, 2.75) is 10.6 Å². The highest BCUT2D eigenvalue weighted by Gasteiger charge is 2.17. The molecule has 90 valence electrons. The normalized spacial score (nSPS) is 11.6. The van der Waals surface area contributed by atoms with Crippen LogP contribution in [0.5, 0.6) is 0 Å². The average molecular weight is 332 g/mol. The zero-order valence-electron chi connectivity index (χ0n) is 8.76. The highest BCUT2D eigenvalue weighted by Crippen LogP contribution is 2.27. The largest absolute Gasteiger partial charge is 0.399 e. The van der Waals surface area contributed by atoms with E-state index in [4.69, 9.17) is 5.73 Å². The SMILES string of the molecule is Nc1cccc(S(=O)(=O)Cc2sccc2Br)c1. The van der Waals surface area contributed by atoms with Crippen molar-refractivity contribution in [3.8, 4) is 0 Å². The zero-order valence-corrected chi connectivity index (χ0v) is 12.0. The van der Waals surface area contributed by atoms with Gasteiger partial charge < -0.3 is 5.73 Å². The predicted molar refractivity (Wildman–Crippen MR) is 73.8 cm³/mol. The summed E-state index contributed by atoms with van der Waals surface area (Å²) in [7, 11) is -3.33. The molecule has 2 rings (SSSR count). The maximum absolute atomic E-state index is 12.1. The van der Waals surface area contributed by atoms with Gasteiger partial charge in [0, 0.05) is 15.0 Å². The molecule has 0 saturated heterocycles. The summed E-state index contributed by atoms with van der Waals surface area (Å²) >= 11 is 4.75. The Morgan fingerprint density at radius 3 is 2.65 bits per heavy atom. The molecule has 1 aromatic heterocycles. The van der Waals surface area contributed by atoms with E-state index in [-0.39, 0.29) is 10.6 Å². The summed E-state index contributed by atoms with van der Waals surface area (Å²) in [6, 6.07) is 8.20. The van der Waals surface area contributed by atoms with E-state index in [1.165, 1.54) is 17.4 Å². The summed E-state index contributed by atoms with van der Waals surface area (Å²) < 4.78 is 25.1. The Balaban J connectivity index is 2.35. The maximum Gasteiger partial charge on any atom is 0.183 e. The molecular weight excluding hydrogens is 322 g/mol. The molecule has 17 heavy (non-hydrogen) atoms. The van der Waals surface area contributed by atoms with Crippen LogP contribution >= 0.6 is 27.3 Å². The fourth-order valence-electron chi connectivity index (χ4n) is 1.39. The van der Waals surface area contributed by atoms with Crippen LogP contribution in [0, 0.1) is 0 Å². The Bertz CT molecular complexity index is 634. The van der Waals surface area contributed by atoms with Crippen molar-refractivity contribution in [3.63, 3.8) is 0 Å². The minimum atomic E-state index is -3.33. The Morgan fingerprint density at radius 2 is 2.06 bits per heavy atom. The van der Waals surface area contributed by atoms with Gasteiger partial charge in [-0.25, -0.2) is 8.42 Å². The third-order valence-corrected chi connectivity index (χ3v) is 5.98. The Labute approximate surface area is 112 Å². The Hall–Kier alpha value is -0.850. The van der Waals surface area contributed by atoms with Crippen LogP contribution in [0.2, 0.25) is 0 Å². The van der Waals surface area contributed by atoms with Gasteiger partial charge in [0.05, 0.1) is 10.6 Å².